The molecule has 0 spiro atoms. The number of imide groups is 1. The smallest absolute Gasteiger partial charge is 0.425 e. The number of hydrogen-bond donors (Lipinski definition) is 1. The zero-order valence-electron chi connectivity index (χ0n) is 38.9. The van der Waals surface area contributed by atoms with E-state index in [-0.39, 0.29) is 42.6 Å². The molecule has 19 nitrogen and oxygen atoms in total. The van der Waals surface area contributed by atoms with Crippen molar-refractivity contribution < 1.29 is 52.4 Å². The first-order chi connectivity index (χ1) is 28.2. The fourth-order valence-electron chi connectivity index (χ4n) is 5.24. The second kappa shape index (κ2) is 19.5. The molecule has 0 unspecified atom stereocenters. The zero-order valence-corrected chi connectivity index (χ0v) is 38.9. The number of hydrogen-bond acceptors (Lipinski definition) is 16. The van der Waals surface area contributed by atoms with Crippen molar-refractivity contribution in [2.45, 2.75) is 157 Å². The topological polar surface area (TPSA) is 220 Å². The Morgan fingerprint density at radius 1 is 0.677 bits per heavy atom. The molecular formula is C43H63N7O12. The Labute approximate surface area is 362 Å². The highest BCUT2D eigenvalue weighted by Gasteiger charge is 2.38. The summed E-state index contributed by atoms with van der Waals surface area (Å²) in [6.45, 7) is 24.0. The van der Waals surface area contributed by atoms with E-state index in [0.29, 0.717) is 10.5 Å². The quantitative estimate of drug-likeness (QED) is 0.145. The maximum Gasteiger partial charge on any atom is 0.425 e. The first-order valence-electron chi connectivity index (χ1n) is 20.1. The van der Waals surface area contributed by atoms with E-state index < -0.39 is 82.2 Å². The molecule has 0 bridgehead atoms. The van der Waals surface area contributed by atoms with Gasteiger partial charge in [0.15, 0.2) is 11.5 Å². The third kappa shape index (κ3) is 15.9. The Bertz CT molecular complexity index is 2130. The van der Waals surface area contributed by atoms with E-state index in [2.05, 4.69) is 20.3 Å². The van der Waals surface area contributed by atoms with Crippen LogP contribution in [0.15, 0.2) is 35.1 Å². The molecule has 342 valence electrons. The molecule has 0 aliphatic rings. The largest absolute Gasteiger partial charge is 0.472 e. The van der Waals surface area contributed by atoms with Crippen LogP contribution in [0.25, 0.3) is 11.0 Å². The van der Waals surface area contributed by atoms with Crippen molar-refractivity contribution in [2.24, 2.45) is 0 Å². The number of anilines is 2. The van der Waals surface area contributed by atoms with Crippen molar-refractivity contribution in [3.05, 3.63) is 46.4 Å². The lowest BCUT2D eigenvalue weighted by atomic mass is 10.1. The average molecular weight is 870 g/mol. The number of carbonyl (C=O) groups excluding carboxylic acids is 5. The SMILES string of the molecule is CN(C(=O)OC(C)(C)C)c1nc(OCc2ccccc2)c2c(N(C(=O)OC(C)(C)C)C(=O)OC(C)(C)C)nc(=O)n(CCN[C@@H](CC(=O)OC(C)(C)C)C(=O)OC(C)(C)C)c2n1. The second-order valence-electron chi connectivity index (χ2n) is 19.3. The lowest BCUT2D eigenvalue weighted by Crippen LogP contribution is -2.46. The van der Waals surface area contributed by atoms with Crippen molar-refractivity contribution >= 4 is 53.0 Å². The van der Waals surface area contributed by atoms with Gasteiger partial charge in [0.2, 0.25) is 11.8 Å². The molecule has 1 N–H and O–H groups in total. The van der Waals surface area contributed by atoms with Crippen LogP contribution in [0.1, 0.15) is 116 Å². The molecule has 0 fully saturated rings. The van der Waals surface area contributed by atoms with Crippen LogP contribution >= 0.6 is 0 Å². The van der Waals surface area contributed by atoms with Gasteiger partial charge in [0.05, 0.1) is 6.42 Å². The van der Waals surface area contributed by atoms with Gasteiger partial charge in [0.1, 0.15) is 46.0 Å². The van der Waals surface area contributed by atoms with E-state index in [1.165, 1.54) is 7.05 Å². The highest BCUT2D eigenvalue weighted by atomic mass is 16.6. The second-order valence-corrected chi connectivity index (χ2v) is 19.3. The Hall–Kier alpha value is -5.85. The summed E-state index contributed by atoms with van der Waals surface area (Å²) in [6.07, 6.45) is -3.76. The molecule has 19 heteroatoms. The molecule has 62 heavy (non-hydrogen) atoms. The fourth-order valence-corrected chi connectivity index (χ4v) is 5.24. The minimum absolute atomic E-state index is 0.121. The minimum atomic E-state index is -1.24. The highest BCUT2D eigenvalue weighted by Crippen LogP contribution is 2.34. The van der Waals surface area contributed by atoms with Crippen molar-refractivity contribution in [1.82, 2.24) is 24.8 Å². The first-order valence-corrected chi connectivity index (χ1v) is 20.1. The Morgan fingerprint density at radius 3 is 1.68 bits per heavy atom. The standard InChI is InChI=1S/C43H63N7O12/c1-39(2,3)58-28(51)24-27(33(52)59-40(4,5)6)44-22-23-49-30-29(31(46-35(49)53)50(37(55)61-42(10,11)12)38(56)62-43(13,14)15)32(57-25-26-20-18-17-19-21-26)47-34(45-30)48(16)36(54)60-41(7,8)9/h17-21,27,44H,22-25H2,1-16H3/t27-/m0/s1. The van der Waals surface area contributed by atoms with Gasteiger partial charge < -0.3 is 33.7 Å². The van der Waals surface area contributed by atoms with Crippen LogP contribution in [0.5, 0.6) is 5.88 Å². The van der Waals surface area contributed by atoms with Crippen molar-refractivity contribution in [3.63, 3.8) is 0 Å². The van der Waals surface area contributed by atoms with Gasteiger partial charge in [-0.15, -0.1) is 0 Å². The van der Waals surface area contributed by atoms with Gasteiger partial charge in [-0.1, -0.05) is 30.3 Å². The number of nitrogens with zero attached hydrogens (tertiary/aromatic N) is 6. The van der Waals surface area contributed by atoms with Crippen LogP contribution < -0.4 is 25.5 Å². The van der Waals surface area contributed by atoms with E-state index in [1.807, 2.05) is 6.07 Å². The summed E-state index contributed by atoms with van der Waals surface area (Å²) in [4.78, 5) is 96.9. The normalized spacial score (nSPS) is 12.8. The lowest BCUT2D eigenvalue weighted by Gasteiger charge is -2.29. The third-order valence-corrected chi connectivity index (χ3v) is 7.51. The summed E-state index contributed by atoms with van der Waals surface area (Å²) < 4.78 is 35.2. The van der Waals surface area contributed by atoms with Crippen LogP contribution in [0.2, 0.25) is 0 Å². The highest BCUT2D eigenvalue weighted by molar-refractivity contribution is 6.14. The predicted molar refractivity (Wildman–Crippen MR) is 230 cm³/mol. The minimum Gasteiger partial charge on any atom is -0.472 e. The number of fused-ring (bicyclic) bond motifs is 1. The van der Waals surface area contributed by atoms with Crippen LogP contribution in [0, 0.1) is 0 Å². The van der Waals surface area contributed by atoms with Gasteiger partial charge in [-0.25, -0.2) is 24.1 Å². The molecule has 1 aromatic carbocycles. The molecule has 0 aliphatic heterocycles. The summed E-state index contributed by atoms with van der Waals surface area (Å²) in [5, 5.41) is 2.76. The number of benzene rings is 1. The number of nitrogens with one attached hydrogen (secondary N) is 1. The van der Waals surface area contributed by atoms with Crippen LogP contribution in [0.4, 0.5) is 26.1 Å². The fraction of sp³-hybridized carbons (Fsp3) is 0.605. The van der Waals surface area contributed by atoms with Crippen molar-refractivity contribution in [1.29, 1.82) is 0 Å². The molecule has 2 heterocycles. The summed E-state index contributed by atoms with van der Waals surface area (Å²) >= 11 is 0. The molecule has 0 saturated carbocycles. The summed E-state index contributed by atoms with van der Waals surface area (Å²) in [6, 6.07) is 7.73. The molecule has 0 radical (unpaired) electrons. The maximum absolute atomic E-state index is 14.3. The zero-order chi connectivity index (χ0) is 47.2. The van der Waals surface area contributed by atoms with Gasteiger partial charge in [0, 0.05) is 20.1 Å². The molecule has 0 aliphatic carbocycles. The Morgan fingerprint density at radius 2 is 1.18 bits per heavy atom. The summed E-state index contributed by atoms with van der Waals surface area (Å²) in [5.74, 6) is -2.63. The lowest BCUT2D eigenvalue weighted by molar-refractivity contribution is -0.164. The molecule has 0 saturated heterocycles. The first kappa shape index (κ1) is 50.5. The summed E-state index contributed by atoms with van der Waals surface area (Å²) in [5.41, 5.74) is -5.56. The Balaban J connectivity index is 2.39. The van der Waals surface area contributed by atoms with Gasteiger partial charge in [-0.2, -0.15) is 19.9 Å². The van der Waals surface area contributed by atoms with E-state index in [4.69, 9.17) is 28.4 Å². The molecule has 3 amide bonds. The number of esters is 2. The maximum atomic E-state index is 14.3. The molecule has 1 atom stereocenters. The van der Waals surface area contributed by atoms with Crippen molar-refractivity contribution in [3.8, 4) is 5.88 Å². The number of carbonyl (C=O) groups is 5. The third-order valence-electron chi connectivity index (χ3n) is 7.51. The van der Waals surface area contributed by atoms with Gasteiger partial charge >= 0.3 is 35.9 Å². The van der Waals surface area contributed by atoms with E-state index >= 15 is 0 Å². The van der Waals surface area contributed by atoms with Gasteiger partial charge in [0.25, 0.3) is 0 Å². The van der Waals surface area contributed by atoms with E-state index in [1.54, 1.807) is 128 Å². The van der Waals surface area contributed by atoms with Crippen LogP contribution in [-0.2, 0) is 46.4 Å². The predicted octanol–water partition coefficient (Wildman–Crippen LogP) is 6.85. The molecular weight excluding hydrogens is 807 g/mol. The van der Waals surface area contributed by atoms with Crippen LogP contribution in [-0.4, -0.2) is 97.4 Å². The Kier molecular flexibility index (Phi) is 15.9. The monoisotopic (exact) mass is 869 g/mol. The molecule has 3 rings (SSSR count). The average Bonchev–Trinajstić information content (AvgIpc) is 3.07. The number of rotatable bonds is 12. The number of amides is 3. The van der Waals surface area contributed by atoms with Crippen molar-refractivity contribution in [2.75, 3.05) is 23.4 Å². The summed E-state index contributed by atoms with van der Waals surface area (Å²) in [7, 11) is 1.35. The van der Waals surface area contributed by atoms with Gasteiger partial charge in [-0.3, -0.25) is 14.2 Å². The number of aromatic nitrogens is 4. The molecule has 3 aromatic rings. The van der Waals surface area contributed by atoms with Crippen LogP contribution in [0.3, 0.4) is 0 Å². The van der Waals surface area contributed by atoms with E-state index in [9.17, 15) is 28.8 Å². The molecule has 2 aromatic heterocycles. The number of ether oxygens (including phenoxy) is 6. The van der Waals surface area contributed by atoms with Gasteiger partial charge in [-0.05, 0) is 109 Å². The van der Waals surface area contributed by atoms with E-state index in [0.717, 1.165) is 9.47 Å².